The molecule has 1 amide bonds. The van der Waals surface area contributed by atoms with Crippen molar-refractivity contribution in [1.29, 1.82) is 0 Å². The van der Waals surface area contributed by atoms with Gasteiger partial charge in [-0.3, -0.25) is 9.59 Å². The van der Waals surface area contributed by atoms with Gasteiger partial charge in [-0.05, 0) is 39.4 Å². The molecule has 164 valence electrons. The summed E-state index contributed by atoms with van der Waals surface area (Å²) < 4.78 is 44.9. The average Bonchev–Trinajstić information content (AvgIpc) is 2.52. The topological polar surface area (TPSA) is 88.8 Å². The Bertz CT molecular complexity index is 706. The number of rotatable bonds is 3. The first kappa shape index (κ1) is 24.7. The van der Waals surface area contributed by atoms with Crippen LogP contribution in [0.4, 0.5) is 19.0 Å². The molecule has 0 bridgehead atoms. The van der Waals surface area contributed by atoms with Crippen LogP contribution in [0.15, 0.2) is 12.3 Å². The highest BCUT2D eigenvalue weighted by atomic mass is 19.4. The summed E-state index contributed by atoms with van der Waals surface area (Å²) in [5, 5.41) is 0. The van der Waals surface area contributed by atoms with Crippen LogP contribution >= 0.6 is 0 Å². The lowest BCUT2D eigenvalue weighted by Gasteiger charge is -2.33. The lowest BCUT2D eigenvalue weighted by Crippen LogP contribution is -2.44. The molecule has 2 rings (SSSR count). The highest BCUT2D eigenvalue weighted by Crippen LogP contribution is 2.33. The number of carbonyl (C=O) groups is 2. The predicted molar refractivity (Wildman–Crippen MR) is 103 cm³/mol. The SMILES string of the molecule is CC(N)=O.CN1CCN(c2cc(CC(=O)OC(C)(C)C)c(C(F)(F)F)cn2)CC1. The van der Waals surface area contributed by atoms with E-state index >= 15 is 0 Å². The van der Waals surface area contributed by atoms with Crippen LogP contribution in [-0.2, 0) is 26.9 Å². The monoisotopic (exact) mass is 418 g/mol. The molecule has 1 saturated heterocycles. The number of hydrogen-bond donors (Lipinski definition) is 1. The zero-order valence-electron chi connectivity index (χ0n) is 17.5. The average molecular weight is 418 g/mol. The smallest absolute Gasteiger partial charge is 0.418 e. The minimum absolute atomic E-state index is 0.106. The van der Waals surface area contributed by atoms with Crippen molar-refractivity contribution in [3.05, 3.63) is 23.4 Å². The summed E-state index contributed by atoms with van der Waals surface area (Å²) >= 11 is 0. The molecule has 0 radical (unpaired) electrons. The van der Waals surface area contributed by atoms with Gasteiger partial charge in [0.2, 0.25) is 5.91 Å². The molecular weight excluding hydrogens is 389 g/mol. The summed E-state index contributed by atoms with van der Waals surface area (Å²) in [7, 11) is 1.99. The fourth-order valence-electron chi connectivity index (χ4n) is 2.63. The first-order chi connectivity index (χ1) is 13.2. The van der Waals surface area contributed by atoms with Crippen molar-refractivity contribution >= 4 is 17.7 Å². The number of likely N-dealkylation sites (N-methyl/N-ethyl adjacent to an activating group) is 1. The summed E-state index contributed by atoms with van der Waals surface area (Å²) in [5.41, 5.74) is 2.73. The van der Waals surface area contributed by atoms with Crippen LogP contribution in [0.25, 0.3) is 0 Å². The molecule has 0 spiro atoms. The van der Waals surface area contributed by atoms with Crippen molar-refractivity contribution in [3.8, 4) is 0 Å². The Morgan fingerprint density at radius 2 is 1.69 bits per heavy atom. The maximum absolute atomic E-state index is 13.2. The number of ether oxygens (including phenoxy) is 1. The van der Waals surface area contributed by atoms with Gasteiger partial charge in [0.25, 0.3) is 0 Å². The Kier molecular flexibility index (Phi) is 8.43. The van der Waals surface area contributed by atoms with Gasteiger partial charge in [-0.1, -0.05) is 0 Å². The van der Waals surface area contributed by atoms with Crippen LogP contribution in [0.2, 0.25) is 0 Å². The fraction of sp³-hybridized carbons (Fsp3) is 0.632. The third-order valence-electron chi connectivity index (χ3n) is 3.86. The number of nitrogens with zero attached hydrogens (tertiary/aromatic N) is 3. The van der Waals surface area contributed by atoms with E-state index in [-0.39, 0.29) is 11.5 Å². The highest BCUT2D eigenvalue weighted by molar-refractivity contribution is 5.74. The maximum atomic E-state index is 13.2. The van der Waals surface area contributed by atoms with Crippen molar-refractivity contribution in [1.82, 2.24) is 9.88 Å². The molecule has 2 N–H and O–H groups in total. The first-order valence-corrected chi connectivity index (χ1v) is 9.16. The molecule has 1 aromatic heterocycles. The molecule has 2 heterocycles. The fourth-order valence-corrected chi connectivity index (χ4v) is 2.63. The predicted octanol–water partition coefficient (Wildman–Crippen LogP) is 2.23. The van der Waals surface area contributed by atoms with Gasteiger partial charge >= 0.3 is 12.1 Å². The van der Waals surface area contributed by atoms with Gasteiger partial charge in [0.1, 0.15) is 11.4 Å². The van der Waals surface area contributed by atoms with Gasteiger partial charge in [-0.2, -0.15) is 13.2 Å². The number of primary amides is 1. The van der Waals surface area contributed by atoms with Crippen LogP contribution in [0.5, 0.6) is 0 Å². The van der Waals surface area contributed by atoms with Crippen molar-refractivity contribution in [2.75, 3.05) is 38.1 Å². The van der Waals surface area contributed by atoms with E-state index in [4.69, 9.17) is 4.74 Å². The summed E-state index contributed by atoms with van der Waals surface area (Å²) in [6.45, 7) is 9.32. The Hall–Kier alpha value is -2.36. The highest BCUT2D eigenvalue weighted by Gasteiger charge is 2.35. The zero-order valence-corrected chi connectivity index (χ0v) is 17.5. The van der Waals surface area contributed by atoms with E-state index in [0.717, 1.165) is 19.3 Å². The Morgan fingerprint density at radius 3 is 2.14 bits per heavy atom. The molecule has 0 aromatic carbocycles. The Labute approximate surface area is 169 Å². The molecule has 0 atom stereocenters. The van der Waals surface area contributed by atoms with Crippen LogP contribution in [0.3, 0.4) is 0 Å². The summed E-state index contributed by atoms with van der Waals surface area (Å²) in [5.74, 6) is -0.562. The maximum Gasteiger partial charge on any atom is 0.418 e. The number of aromatic nitrogens is 1. The molecular formula is C19H29F3N4O3. The first-order valence-electron chi connectivity index (χ1n) is 9.16. The number of nitrogens with two attached hydrogens (primary N) is 1. The molecule has 1 aliphatic heterocycles. The Balaban J connectivity index is 0.000000960. The molecule has 1 aromatic rings. The van der Waals surface area contributed by atoms with Crippen LogP contribution in [-0.4, -0.2) is 60.6 Å². The van der Waals surface area contributed by atoms with Gasteiger partial charge < -0.3 is 20.3 Å². The number of anilines is 1. The van der Waals surface area contributed by atoms with E-state index < -0.39 is 29.7 Å². The van der Waals surface area contributed by atoms with Crippen LogP contribution in [0.1, 0.15) is 38.8 Å². The largest absolute Gasteiger partial charge is 0.460 e. The van der Waals surface area contributed by atoms with E-state index in [1.165, 1.54) is 13.0 Å². The van der Waals surface area contributed by atoms with Crippen molar-refractivity contribution < 1.29 is 27.5 Å². The second-order valence-corrected chi connectivity index (χ2v) is 7.86. The summed E-state index contributed by atoms with van der Waals surface area (Å²) in [4.78, 5) is 29.3. The number of alkyl halides is 3. The summed E-state index contributed by atoms with van der Waals surface area (Å²) in [6, 6.07) is 1.36. The van der Waals surface area contributed by atoms with Gasteiger partial charge in [-0.25, -0.2) is 4.98 Å². The van der Waals surface area contributed by atoms with Gasteiger partial charge in [-0.15, -0.1) is 0 Å². The van der Waals surface area contributed by atoms with Gasteiger partial charge in [0.15, 0.2) is 0 Å². The number of carbonyl (C=O) groups excluding carboxylic acids is 2. The number of amides is 1. The normalized spacial score (nSPS) is 15.4. The lowest BCUT2D eigenvalue weighted by atomic mass is 10.1. The molecule has 0 unspecified atom stereocenters. The third kappa shape index (κ3) is 9.12. The van der Waals surface area contributed by atoms with Crippen molar-refractivity contribution in [2.45, 2.75) is 45.9 Å². The van der Waals surface area contributed by atoms with E-state index in [9.17, 15) is 22.8 Å². The quantitative estimate of drug-likeness (QED) is 0.758. The molecule has 7 nitrogen and oxygen atoms in total. The van der Waals surface area contributed by atoms with Gasteiger partial charge in [0.05, 0.1) is 12.0 Å². The number of halogens is 3. The lowest BCUT2D eigenvalue weighted by molar-refractivity contribution is -0.154. The van der Waals surface area contributed by atoms with E-state index in [2.05, 4.69) is 15.6 Å². The second kappa shape index (κ2) is 9.91. The number of pyridine rings is 1. The minimum atomic E-state index is -4.56. The molecule has 10 heteroatoms. The van der Waals surface area contributed by atoms with Gasteiger partial charge in [0, 0.05) is 39.3 Å². The van der Waals surface area contributed by atoms with Crippen molar-refractivity contribution in [2.24, 2.45) is 5.73 Å². The van der Waals surface area contributed by atoms with Crippen molar-refractivity contribution in [3.63, 3.8) is 0 Å². The van der Waals surface area contributed by atoms with Crippen LogP contribution < -0.4 is 10.6 Å². The van der Waals surface area contributed by atoms with E-state index in [1.807, 2.05) is 11.9 Å². The Morgan fingerprint density at radius 1 is 1.17 bits per heavy atom. The van der Waals surface area contributed by atoms with E-state index in [1.54, 1.807) is 20.8 Å². The number of piperazine rings is 1. The molecule has 1 aliphatic rings. The zero-order chi connectivity index (χ0) is 22.4. The third-order valence-corrected chi connectivity index (χ3v) is 3.86. The number of esters is 1. The standard InChI is InChI=1S/C17H24F3N3O2.C2H5NO/c1-16(2,3)25-15(24)10-12-9-14(21-11-13(12)17(18,19)20)23-7-5-22(4)6-8-23;1-2(3)4/h9,11H,5-8,10H2,1-4H3;1H3,(H2,3,4). The summed E-state index contributed by atoms with van der Waals surface area (Å²) in [6.07, 6.45) is -4.19. The minimum Gasteiger partial charge on any atom is -0.460 e. The molecule has 1 fully saturated rings. The molecule has 29 heavy (non-hydrogen) atoms. The second-order valence-electron chi connectivity index (χ2n) is 7.86. The number of hydrogen-bond acceptors (Lipinski definition) is 6. The van der Waals surface area contributed by atoms with E-state index in [0.29, 0.717) is 18.9 Å². The molecule has 0 aliphatic carbocycles. The van der Waals surface area contributed by atoms with Crippen LogP contribution in [0, 0.1) is 0 Å². The molecule has 0 saturated carbocycles.